The number of nitro benzene ring substituents is 1. The molecule has 240 valence electrons. The normalized spacial score (nSPS) is 17.3. The minimum absolute atomic E-state index is 0.118. The van der Waals surface area contributed by atoms with Crippen molar-refractivity contribution in [2.24, 2.45) is 5.84 Å². The molecule has 0 bridgehead atoms. The SMILES string of the molecule is CCN1/C(=C/C=C/C=C/C2=[N+](CCCCCC(=O)NN)c3ccc(-c4cccs4)cc3C2(C)C)C(C)(C)c2cc([N+](=O)[O-])ccc21. The van der Waals surface area contributed by atoms with E-state index in [1.54, 1.807) is 23.5 Å². The minimum atomic E-state index is -0.364. The van der Waals surface area contributed by atoms with E-state index in [1.807, 2.05) is 6.07 Å². The van der Waals surface area contributed by atoms with E-state index in [-0.39, 0.29) is 27.3 Å². The third-order valence-electron chi connectivity index (χ3n) is 9.28. The third-order valence-corrected chi connectivity index (χ3v) is 10.2. The van der Waals surface area contributed by atoms with Gasteiger partial charge in [-0.15, -0.1) is 11.3 Å². The molecule has 0 fully saturated rings. The van der Waals surface area contributed by atoms with Crippen molar-refractivity contribution in [2.75, 3.05) is 18.0 Å². The van der Waals surface area contributed by atoms with E-state index in [2.05, 4.69) is 116 Å². The molecular formula is C37H44N5O3S+. The van der Waals surface area contributed by atoms with Crippen LogP contribution in [0, 0.1) is 10.1 Å². The number of rotatable bonds is 12. The summed E-state index contributed by atoms with van der Waals surface area (Å²) in [5.41, 5.74) is 9.89. The molecule has 0 unspecified atom stereocenters. The van der Waals surface area contributed by atoms with Crippen LogP contribution in [0.15, 0.2) is 90.0 Å². The van der Waals surface area contributed by atoms with Crippen molar-refractivity contribution < 1.29 is 14.3 Å². The van der Waals surface area contributed by atoms with Gasteiger partial charge in [-0.05, 0) is 80.5 Å². The minimum Gasteiger partial charge on any atom is -0.344 e. The molecule has 0 spiro atoms. The molecule has 0 saturated carbocycles. The van der Waals surface area contributed by atoms with Crippen LogP contribution in [0.2, 0.25) is 0 Å². The Morgan fingerprint density at radius 2 is 1.83 bits per heavy atom. The van der Waals surface area contributed by atoms with Gasteiger partial charge in [0, 0.05) is 70.9 Å². The van der Waals surface area contributed by atoms with E-state index in [0.717, 1.165) is 49.3 Å². The molecule has 3 heterocycles. The standard InChI is InChI=1S/C37H43N5O3S/c1-6-40-30-21-19-27(42(44)45)25-29(30)37(4,5)33(40)15-9-7-10-16-34-36(2,3)28-24-26(32-14-13-23-46-32)18-20-31(28)41(34)22-12-8-11-17-35(43)39-38/h7,9-10,13-16,18-21,23-25H,6,8,11-12,17,22,38H2,1-5H3/p+1. The van der Waals surface area contributed by atoms with Crippen molar-refractivity contribution in [3.8, 4) is 10.4 Å². The van der Waals surface area contributed by atoms with Crippen molar-refractivity contribution >= 4 is 40.0 Å². The van der Waals surface area contributed by atoms with Gasteiger partial charge in [-0.3, -0.25) is 20.3 Å². The number of unbranched alkanes of at least 4 members (excludes halogenated alkanes) is 2. The smallest absolute Gasteiger partial charge is 0.269 e. The maximum absolute atomic E-state index is 11.6. The zero-order chi connectivity index (χ0) is 33.1. The molecule has 2 aliphatic heterocycles. The number of non-ortho nitro benzene ring substituents is 1. The second kappa shape index (κ2) is 13.6. The molecule has 0 saturated heterocycles. The highest BCUT2D eigenvalue weighted by atomic mass is 32.1. The maximum Gasteiger partial charge on any atom is 0.269 e. The molecule has 0 atom stereocenters. The number of carbonyl (C=O) groups is 1. The van der Waals surface area contributed by atoms with Gasteiger partial charge in [0.15, 0.2) is 5.71 Å². The highest BCUT2D eigenvalue weighted by molar-refractivity contribution is 7.13. The second-order valence-corrected chi connectivity index (χ2v) is 13.8. The quantitative estimate of drug-likeness (QED) is 0.0397. The molecule has 0 radical (unpaired) electrons. The summed E-state index contributed by atoms with van der Waals surface area (Å²) >= 11 is 1.75. The third kappa shape index (κ3) is 6.34. The number of nitrogens with two attached hydrogens (primary N) is 1. The average Bonchev–Trinajstić information content (AvgIpc) is 3.70. The first-order valence-electron chi connectivity index (χ1n) is 16.0. The first kappa shape index (κ1) is 33.0. The Kier molecular flexibility index (Phi) is 9.74. The van der Waals surface area contributed by atoms with Gasteiger partial charge in [0.1, 0.15) is 6.54 Å². The van der Waals surface area contributed by atoms with Crippen molar-refractivity contribution in [3.63, 3.8) is 0 Å². The zero-order valence-electron chi connectivity index (χ0n) is 27.4. The molecule has 1 amide bonds. The average molecular weight is 639 g/mol. The summed E-state index contributed by atoms with van der Waals surface area (Å²) in [6.45, 7) is 12.6. The summed E-state index contributed by atoms with van der Waals surface area (Å²) in [7, 11) is 0. The molecule has 3 aromatic rings. The van der Waals surface area contributed by atoms with Gasteiger partial charge in [0.2, 0.25) is 11.6 Å². The fourth-order valence-corrected chi connectivity index (χ4v) is 7.52. The Balaban J connectivity index is 1.41. The van der Waals surface area contributed by atoms with Gasteiger partial charge in [-0.25, -0.2) is 5.84 Å². The Bertz CT molecular complexity index is 1750. The highest BCUT2D eigenvalue weighted by Gasteiger charge is 2.44. The summed E-state index contributed by atoms with van der Waals surface area (Å²) in [5, 5.41) is 13.6. The van der Waals surface area contributed by atoms with Crippen LogP contribution in [0.3, 0.4) is 0 Å². The predicted molar refractivity (Wildman–Crippen MR) is 189 cm³/mol. The molecular weight excluding hydrogens is 595 g/mol. The number of carbonyl (C=O) groups excluding carboxylic acids is 1. The summed E-state index contributed by atoms with van der Waals surface area (Å²) in [6, 6.07) is 16.2. The Morgan fingerprint density at radius 3 is 2.52 bits per heavy atom. The topological polar surface area (TPSA) is 105 Å². The fraction of sp³-hybridized carbons (Fsp3) is 0.351. The number of hydrogen-bond donors (Lipinski definition) is 2. The summed E-state index contributed by atoms with van der Waals surface area (Å²) in [4.78, 5) is 26.2. The lowest BCUT2D eigenvalue weighted by atomic mass is 9.80. The number of hydrazine groups is 1. The number of hydrogen-bond acceptors (Lipinski definition) is 6. The number of thiophene rings is 1. The van der Waals surface area contributed by atoms with Crippen LogP contribution in [0.25, 0.3) is 10.4 Å². The molecule has 2 aromatic carbocycles. The van der Waals surface area contributed by atoms with Gasteiger partial charge in [-0.1, -0.05) is 38.1 Å². The van der Waals surface area contributed by atoms with E-state index in [9.17, 15) is 14.9 Å². The van der Waals surface area contributed by atoms with Crippen molar-refractivity contribution in [1.29, 1.82) is 0 Å². The van der Waals surface area contributed by atoms with Crippen molar-refractivity contribution in [1.82, 2.24) is 5.43 Å². The second-order valence-electron chi connectivity index (χ2n) is 12.9. The number of benzene rings is 2. The van der Waals surface area contributed by atoms with Crippen LogP contribution < -0.4 is 16.2 Å². The Morgan fingerprint density at radius 1 is 1.02 bits per heavy atom. The van der Waals surface area contributed by atoms with Crippen LogP contribution in [0.5, 0.6) is 0 Å². The predicted octanol–water partition coefficient (Wildman–Crippen LogP) is 8.06. The van der Waals surface area contributed by atoms with E-state index in [0.29, 0.717) is 6.42 Å². The lowest BCUT2D eigenvalue weighted by Crippen LogP contribution is -2.29. The number of fused-ring (bicyclic) bond motifs is 2. The molecule has 46 heavy (non-hydrogen) atoms. The lowest BCUT2D eigenvalue weighted by molar-refractivity contribution is -0.438. The maximum atomic E-state index is 11.6. The van der Waals surface area contributed by atoms with Gasteiger partial charge in [0.25, 0.3) is 5.69 Å². The number of likely N-dealkylation sites (N-methyl/N-ethyl adjacent to an activating group) is 1. The Hall–Kier alpha value is -4.34. The number of nitrogens with one attached hydrogen (secondary N) is 1. The van der Waals surface area contributed by atoms with Crippen LogP contribution in [0.1, 0.15) is 71.4 Å². The van der Waals surface area contributed by atoms with Crippen LogP contribution in [-0.2, 0) is 15.6 Å². The van der Waals surface area contributed by atoms with Gasteiger partial charge >= 0.3 is 0 Å². The monoisotopic (exact) mass is 638 g/mol. The number of amides is 1. The first-order chi connectivity index (χ1) is 22.0. The van der Waals surface area contributed by atoms with E-state index in [4.69, 9.17) is 5.84 Å². The van der Waals surface area contributed by atoms with Crippen LogP contribution in [-0.4, -0.2) is 34.2 Å². The highest BCUT2D eigenvalue weighted by Crippen LogP contribution is 2.49. The molecule has 8 nitrogen and oxygen atoms in total. The van der Waals surface area contributed by atoms with Crippen LogP contribution >= 0.6 is 11.3 Å². The Labute approximate surface area is 275 Å². The van der Waals surface area contributed by atoms with Gasteiger partial charge in [-0.2, -0.15) is 4.58 Å². The molecule has 3 N–H and O–H groups in total. The van der Waals surface area contributed by atoms with E-state index < -0.39 is 0 Å². The van der Waals surface area contributed by atoms with Crippen molar-refractivity contribution in [3.05, 3.63) is 111 Å². The number of nitro groups is 1. The number of anilines is 1. The zero-order valence-corrected chi connectivity index (χ0v) is 28.2. The largest absolute Gasteiger partial charge is 0.344 e. The summed E-state index contributed by atoms with van der Waals surface area (Å²) in [6.07, 6.45) is 13.7. The number of allylic oxidation sites excluding steroid dienone is 6. The number of nitrogens with zero attached hydrogens (tertiary/aromatic N) is 3. The van der Waals surface area contributed by atoms with Crippen LogP contribution in [0.4, 0.5) is 17.1 Å². The van der Waals surface area contributed by atoms with E-state index >= 15 is 0 Å². The molecule has 0 aliphatic carbocycles. The first-order valence-corrected chi connectivity index (χ1v) is 16.8. The van der Waals surface area contributed by atoms with E-state index in [1.165, 1.54) is 27.4 Å². The molecule has 5 rings (SSSR count). The van der Waals surface area contributed by atoms with Gasteiger partial charge in [0.05, 0.1) is 10.3 Å². The molecule has 1 aromatic heterocycles. The summed E-state index contributed by atoms with van der Waals surface area (Å²) in [5.74, 6) is 5.12. The summed E-state index contributed by atoms with van der Waals surface area (Å²) < 4.78 is 2.43. The fourth-order valence-electron chi connectivity index (χ4n) is 6.79. The van der Waals surface area contributed by atoms with Gasteiger partial charge < -0.3 is 4.90 Å². The van der Waals surface area contributed by atoms with Crippen molar-refractivity contribution in [2.45, 2.75) is 71.1 Å². The lowest BCUT2D eigenvalue weighted by Gasteiger charge is -2.25. The molecule has 9 heteroatoms. The molecule has 2 aliphatic rings.